The van der Waals surface area contributed by atoms with Gasteiger partial charge in [0.1, 0.15) is 6.61 Å². The Morgan fingerprint density at radius 1 is 1.30 bits per heavy atom. The number of rotatable bonds is 4. The van der Waals surface area contributed by atoms with E-state index in [1.54, 1.807) is 7.05 Å². The zero-order valence-electron chi connectivity index (χ0n) is 11.8. The summed E-state index contributed by atoms with van der Waals surface area (Å²) in [5.41, 5.74) is -0.369. The zero-order valence-corrected chi connectivity index (χ0v) is 11.8. The van der Waals surface area contributed by atoms with Crippen LogP contribution in [0.15, 0.2) is 20.2 Å². The highest BCUT2D eigenvalue weighted by atomic mass is 16.6. The summed E-state index contributed by atoms with van der Waals surface area (Å²) in [5, 5.41) is 3.75. The van der Waals surface area contributed by atoms with E-state index >= 15 is 0 Å². The lowest BCUT2D eigenvalue weighted by Crippen LogP contribution is -2.38. The van der Waals surface area contributed by atoms with Gasteiger partial charge in [-0.2, -0.15) is 4.98 Å². The van der Waals surface area contributed by atoms with Crippen LogP contribution < -0.4 is 16.0 Å². The predicted molar refractivity (Wildman–Crippen MR) is 69.6 cm³/mol. The van der Waals surface area contributed by atoms with Crippen LogP contribution in [-0.4, -0.2) is 19.3 Å². The van der Waals surface area contributed by atoms with Crippen molar-refractivity contribution in [2.24, 2.45) is 14.1 Å². The summed E-state index contributed by atoms with van der Waals surface area (Å²) in [4.78, 5) is 27.3. The molecule has 0 unspecified atom stereocenters. The van der Waals surface area contributed by atoms with Crippen molar-refractivity contribution < 1.29 is 9.26 Å². The fraction of sp³-hybridized carbons (Fsp3) is 0.500. The Balaban J connectivity index is 2.19. The maximum Gasteiger partial charge on any atom is 0.417 e. The maximum atomic E-state index is 11.7. The highest BCUT2D eigenvalue weighted by molar-refractivity contribution is 5.02. The van der Waals surface area contributed by atoms with Crippen molar-refractivity contribution in [2.45, 2.75) is 26.4 Å². The summed E-state index contributed by atoms with van der Waals surface area (Å²) in [6.07, 6.45) is 0.0156. The molecule has 0 saturated carbocycles. The van der Waals surface area contributed by atoms with Gasteiger partial charge in [0.15, 0.2) is 5.82 Å². The van der Waals surface area contributed by atoms with Crippen LogP contribution in [0.3, 0.4) is 0 Å². The lowest BCUT2D eigenvalue weighted by atomic mass is 10.2. The van der Waals surface area contributed by atoms with Gasteiger partial charge in [-0.15, -0.1) is 0 Å². The van der Waals surface area contributed by atoms with E-state index in [-0.39, 0.29) is 24.2 Å². The average Bonchev–Trinajstić information content (AvgIpc) is 2.88. The fourth-order valence-electron chi connectivity index (χ4n) is 1.57. The molecule has 0 atom stereocenters. The molecule has 0 aromatic carbocycles. The molecule has 0 radical (unpaired) electrons. The van der Waals surface area contributed by atoms with Crippen molar-refractivity contribution >= 4 is 0 Å². The van der Waals surface area contributed by atoms with Gasteiger partial charge in [-0.3, -0.25) is 18.5 Å². The Kier molecular flexibility index (Phi) is 3.73. The Morgan fingerprint density at radius 3 is 2.60 bits per heavy atom. The van der Waals surface area contributed by atoms with Gasteiger partial charge in [0.25, 0.3) is 5.56 Å². The molecule has 2 heterocycles. The van der Waals surface area contributed by atoms with E-state index in [4.69, 9.17) is 9.26 Å². The highest BCUT2D eigenvalue weighted by Gasteiger charge is 2.12. The minimum atomic E-state index is -0.413. The van der Waals surface area contributed by atoms with Crippen LogP contribution in [0.5, 0.6) is 6.08 Å². The van der Waals surface area contributed by atoms with Gasteiger partial charge in [-0.1, -0.05) is 19.0 Å². The molecule has 0 aliphatic rings. The first-order chi connectivity index (χ1) is 9.40. The zero-order chi connectivity index (χ0) is 14.9. The summed E-state index contributed by atoms with van der Waals surface area (Å²) in [6.45, 7) is 3.86. The number of hydrogen-bond acceptors (Lipinski definition) is 6. The molecule has 2 rings (SSSR count). The molecule has 0 bridgehead atoms. The quantitative estimate of drug-likeness (QED) is 0.792. The van der Waals surface area contributed by atoms with Gasteiger partial charge in [0, 0.05) is 26.1 Å². The fourth-order valence-corrected chi connectivity index (χ4v) is 1.57. The molecule has 8 nitrogen and oxygen atoms in total. The van der Waals surface area contributed by atoms with E-state index in [1.165, 1.54) is 17.7 Å². The molecule has 0 fully saturated rings. The second-order valence-electron chi connectivity index (χ2n) is 4.74. The normalized spacial score (nSPS) is 11.1. The second kappa shape index (κ2) is 5.32. The van der Waals surface area contributed by atoms with Gasteiger partial charge in [0.05, 0.1) is 5.69 Å². The molecular formula is C12H16N4O4. The predicted octanol–water partition coefficient (Wildman–Crippen LogP) is 0.169. The van der Waals surface area contributed by atoms with Gasteiger partial charge >= 0.3 is 11.8 Å². The van der Waals surface area contributed by atoms with Gasteiger partial charge in [0.2, 0.25) is 0 Å². The van der Waals surface area contributed by atoms with E-state index in [1.807, 2.05) is 13.8 Å². The maximum absolute atomic E-state index is 11.7. The number of aromatic nitrogens is 4. The molecule has 0 amide bonds. The number of nitrogens with zero attached hydrogens (tertiary/aromatic N) is 4. The monoisotopic (exact) mass is 280 g/mol. The summed E-state index contributed by atoms with van der Waals surface area (Å²) in [6, 6.07) is 1.33. The molecule has 0 aliphatic carbocycles. The van der Waals surface area contributed by atoms with Crippen LogP contribution in [0.4, 0.5) is 0 Å². The molecule has 108 valence electrons. The smallest absolute Gasteiger partial charge is 0.417 e. The third-order valence-corrected chi connectivity index (χ3v) is 2.91. The van der Waals surface area contributed by atoms with Crippen molar-refractivity contribution in [3.8, 4) is 6.08 Å². The summed E-state index contributed by atoms with van der Waals surface area (Å²) < 4.78 is 12.6. The molecular weight excluding hydrogens is 264 g/mol. The second-order valence-corrected chi connectivity index (χ2v) is 4.74. The highest BCUT2D eigenvalue weighted by Crippen LogP contribution is 2.14. The number of ether oxygens (including phenoxy) is 1. The molecule has 2 aromatic heterocycles. The van der Waals surface area contributed by atoms with Crippen molar-refractivity contribution in [3.05, 3.63) is 38.4 Å². The molecule has 0 N–H and O–H groups in total. The Morgan fingerprint density at radius 2 is 2.00 bits per heavy atom. The minimum absolute atomic E-state index is 0.00154. The lowest BCUT2D eigenvalue weighted by Gasteiger charge is -2.08. The molecule has 0 saturated heterocycles. The van der Waals surface area contributed by atoms with E-state index in [0.29, 0.717) is 11.5 Å². The molecule has 20 heavy (non-hydrogen) atoms. The van der Waals surface area contributed by atoms with E-state index in [0.717, 1.165) is 4.57 Å². The topological polar surface area (TPSA) is 92.2 Å². The first kappa shape index (κ1) is 14.0. The first-order valence-corrected chi connectivity index (χ1v) is 6.12. The summed E-state index contributed by atoms with van der Waals surface area (Å²) in [5.74, 6) is 0.669. The molecule has 0 aliphatic heterocycles. The summed E-state index contributed by atoms with van der Waals surface area (Å²) >= 11 is 0. The van der Waals surface area contributed by atoms with Gasteiger partial charge in [-0.25, -0.2) is 4.79 Å². The first-order valence-electron chi connectivity index (χ1n) is 6.12. The largest absolute Gasteiger partial charge is 0.442 e. The van der Waals surface area contributed by atoms with Crippen molar-refractivity contribution in [3.63, 3.8) is 0 Å². The van der Waals surface area contributed by atoms with Crippen LogP contribution in [0.2, 0.25) is 0 Å². The van der Waals surface area contributed by atoms with E-state index in [9.17, 15) is 9.59 Å². The average molecular weight is 280 g/mol. The van der Waals surface area contributed by atoms with Crippen LogP contribution >= 0.6 is 0 Å². The van der Waals surface area contributed by atoms with Crippen LogP contribution in [-0.2, 0) is 20.7 Å². The molecule has 0 spiro atoms. The van der Waals surface area contributed by atoms with Gasteiger partial charge < -0.3 is 4.74 Å². The Hall–Kier alpha value is -2.38. The van der Waals surface area contributed by atoms with Crippen LogP contribution in [0.25, 0.3) is 0 Å². The summed E-state index contributed by atoms with van der Waals surface area (Å²) in [7, 11) is 2.98. The van der Waals surface area contributed by atoms with E-state index < -0.39 is 5.69 Å². The van der Waals surface area contributed by atoms with Crippen LogP contribution in [0.1, 0.15) is 31.3 Å². The Bertz CT molecular complexity index is 726. The van der Waals surface area contributed by atoms with Crippen molar-refractivity contribution in [1.82, 2.24) is 19.3 Å². The van der Waals surface area contributed by atoms with Crippen molar-refractivity contribution in [1.29, 1.82) is 0 Å². The van der Waals surface area contributed by atoms with Crippen molar-refractivity contribution in [2.75, 3.05) is 0 Å². The lowest BCUT2D eigenvalue weighted by molar-refractivity contribution is 0.189. The third kappa shape index (κ3) is 2.63. The van der Waals surface area contributed by atoms with Crippen LogP contribution in [0, 0.1) is 0 Å². The Labute approximate surface area is 114 Å². The molecule has 2 aromatic rings. The van der Waals surface area contributed by atoms with Gasteiger partial charge in [-0.05, 0) is 0 Å². The number of hydrogen-bond donors (Lipinski definition) is 0. The SMILES string of the molecule is CC(C)c1noc(OCc2cc(=O)n(C)c(=O)n2C)n1. The van der Waals surface area contributed by atoms with E-state index in [2.05, 4.69) is 10.1 Å². The third-order valence-electron chi connectivity index (χ3n) is 2.91. The standard InChI is InChI=1S/C12H16N4O4/c1-7(2)10-13-11(20-14-10)19-6-8-5-9(17)16(4)12(18)15(8)3/h5,7H,6H2,1-4H3. The molecule has 8 heteroatoms. The minimum Gasteiger partial charge on any atom is -0.442 e.